The van der Waals surface area contributed by atoms with E-state index in [9.17, 15) is 9.59 Å². The summed E-state index contributed by atoms with van der Waals surface area (Å²) in [5.74, 6) is -0.0957. The van der Waals surface area contributed by atoms with Crippen molar-refractivity contribution < 1.29 is 19.1 Å². The number of rotatable bonds is 6. The highest BCUT2D eigenvalue weighted by Crippen LogP contribution is 2.15. The van der Waals surface area contributed by atoms with Gasteiger partial charge in [0.1, 0.15) is 12.2 Å². The highest BCUT2D eigenvalue weighted by Gasteiger charge is 2.15. The number of halogens is 1. The van der Waals surface area contributed by atoms with E-state index in [1.54, 1.807) is 26.8 Å². The standard InChI is InChI=1S/C16H22BrNO4/c1-11-7-12(9-13(17)8-11)14(19)10-21-6-5-18-15(20)22-16(2,3)4/h7-9H,5-6,10H2,1-4H3,(H,18,20). The number of ketones is 1. The maximum absolute atomic E-state index is 12.0. The summed E-state index contributed by atoms with van der Waals surface area (Å²) in [4.78, 5) is 23.4. The van der Waals surface area contributed by atoms with Crippen molar-refractivity contribution in [2.45, 2.75) is 33.3 Å². The number of carbonyl (C=O) groups excluding carboxylic acids is 2. The van der Waals surface area contributed by atoms with Crippen molar-refractivity contribution in [3.63, 3.8) is 0 Å². The van der Waals surface area contributed by atoms with Crippen molar-refractivity contribution in [2.75, 3.05) is 19.8 Å². The van der Waals surface area contributed by atoms with Crippen LogP contribution in [0.3, 0.4) is 0 Å². The maximum Gasteiger partial charge on any atom is 0.407 e. The predicted octanol–water partition coefficient (Wildman–Crippen LogP) is 3.48. The van der Waals surface area contributed by atoms with Crippen LogP contribution < -0.4 is 5.32 Å². The van der Waals surface area contributed by atoms with Gasteiger partial charge in [-0.05, 0) is 51.5 Å². The molecule has 0 saturated carbocycles. The number of hydrogen-bond acceptors (Lipinski definition) is 4. The lowest BCUT2D eigenvalue weighted by atomic mass is 10.1. The Kier molecular flexibility index (Phi) is 7.03. The molecule has 1 N–H and O–H groups in total. The van der Waals surface area contributed by atoms with E-state index < -0.39 is 11.7 Å². The first kappa shape index (κ1) is 18.6. The van der Waals surface area contributed by atoms with Gasteiger partial charge in [0, 0.05) is 16.6 Å². The largest absolute Gasteiger partial charge is 0.444 e. The normalized spacial score (nSPS) is 11.1. The van der Waals surface area contributed by atoms with Gasteiger partial charge in [0.25, 0.3) is 0 Å². The number of benzene rings is 1. The second-order valence-electron chi connectivity index (χ2n) is 5.92. The molecule has 1 amide bonds. The molecule has 0 fully saturated rings. The molecule has 0 atom stereocenters. The van der Waals surface area contributed by atoms with Crippen LogP contribution in [-0.2, 0) is 9.47 Å². The van der Waals surface area contributed by atoms with Crippen LogP contribution >= 0.6 is 15.9 Å². The number of Topliss-reactive ketones (excluding diaryl/α,β-unsaturated/α-hetero) is 1. The number of nitrogens with one attached hydrogen (secondary N) is 1. The fourth-order valence-corrected chi connectivity index (χ4v) is 2.29. The smallest absolute Gasteiger partial charge is 0.407 e. The van der Waals surface area contributed by atoms with E-state index in [2.05, 4.69) is 21.2 Å². The lowest BCUT2D eigenvalue weighted by Gasteiger charge is -2.19. The summed E-state index contributed by atoms with van der Waals surface area (Å²) in [7, 11) is 0. The van der Waals surface area contributed by atoms with Crippen molar-refractivity contribution in [2.24, 2.45) is 0 Å². The molecule has 22 heavy (non-hydrogen) atoms. The fraction of sp³-hybridized carbons (Fsp3) is 0.500. The summed E-state index contributed by atoms with van der Waals surface area (Å²) in [5.41, 5.74) is 1.08. The van der Waals surface area contributed by atoms with Crippen molar-refractivity contribution in [1.29, 1.82) is 0 Å². The van der Waals surface area contributed by atoms with E-state index in [0.717, 1.165) is 10.0 Å². The third-order valence-corrected chi connectivity index (χ3v) is 2.97. The highest BCUT2D eigenvalue weighted by molar-refractivity contribution is 9.10. The molecule has 122 valence electrons. The van der Waals surface area contributed by atoms with Gasteiger partial charge in [-0.3, -0.25) is 4.79 Å². The average molecular weight is 372 g/mol. The number of alkyl carbamates (subject to hydrolysis) is 1. The van der Waals surface area contributed by atoms with Crippen LogP contribution in [0.15, 0.2) is 22.7 Å². The van der Waals surface area contributed by atoms with E-state index in [1.807, 2.05) is 19.1 Å². The number of carbonyl (C=O) groups is 2. The Balaban J connectivity index is 2.27. The van der Waals surface area contributed by atoms with Gasteiger partial charge in [0.2, 0.25) is 0 Å². The van der Waals surface area contributed by atoms with Crippen molar-refractivity contribution >= 4 is 27.8 Å². The molecule has 0 bridgehead atoms. The summed E-state index contributed by atoms with van der Waals surface area (Å²) < 4.78 is 11.2. The zero-order valence-corrected chi connectivity index (χ0v) is 15.0. The monoisotopic (exact) mass is 371 g/mol. The summed E-state index contributed by atoms with van der Waals surface area (Å²) in [6, 6.07) is 5.51. The first-order valence-electron chi connectivity index (χ1n) is 7.02. The maximum atomic E-state index is 12.0. The molecule has 0 aliphatic heterocycles. The van der Waals surface area contributed by atoms with Gasteiger partial charge < -0.3 is 14.8 Å². The molecule has 0 aliphatic rings. The van der Waals surface area contributed by atoms with Gasteiger partial charge in [-0.15, -0.1) is 0 Å². The molecule has 0 aromatic heterocycles. The van der Waals surface area contributed by atoms with Gasteiger partial charge >= 0.3 is 6.09 Å². The van der Waals surface area contributed by atoms with E-state index in [4.69, 9.17) is 9.47 Å². The topological polar surface area (TPSA) is 64.6 Å². The first-order valence-corrected chi connectivity index (χ1v) is 7.81. The lowest BCUT2D eigenvalue weighted by Crippen LogP contribution is -2.34. The van der Waals surface area contributed by atoms with Crippen LogP contribution in [0.2, 0.25) is 0 Å². The van der Waals surface area contributed by atoms with Gasteiger partial charge in [-0.25, -0.2) is 4.79 Å². The number of ether oxygens (including phenoxy) is 2. The Morgan fingerprint density at radius 2 is 1.91 bits per heavy atom. The van der Waals surface area contributed by atoms with E-state index >= 15 is 0 Å². The molecule has 0 unspecified atom stereocenters. The van der Waals surface area contributed by atoms with Crippen LogP contribution in [0.4, 0.5) is 4.79 Å². The van der Waals surface area contributed by atoms with E-state index in [-0.39, 0.29) is 19.0 Å². The molecule has 0 aliphatic carbocycles. The van der Waals surface area contributed by atoms with Crippen molar-refractivity contribution in [3.05, 3.63) is 33.8 Å². The van der Waals surface area contributed by atoms with Crippen LogP contribution in [0, 0.1) is 6.92 Å². The summed E-state index contributed by atoms with van der Waals surface area (Å²) >= 11 is 3.36. The second-order valence-corrected chi connectivity index (χ2v) is 6.84. The minimum atomic E-state index is -0.528. The number of aryl methyl sites for hydroxylation is 1. The molecule has 0 saturated heterocycles. The third-order valence-electron chi connectivity index (χ3n) is 2.51. The average Bonchev–Trinajstić information content (AvgIpc) is 2.34. The zero-order chi connectivity index (χ0) is 16.8. The van der Waals surface area contributed by atoms with Crippen molar-refractivity contribution in [3.8, 4) is 0 Å². The Morgan fingerprint density at radius 1 is 1.23 bits per heavy atom. The Morgan fingerprint density at radius 3 is 2.50 bits per heavy atom. The third kappa shape index (κ3) is 7.56. The zero-order valence-electron chi connectivity index (χ0n) is 13.4. The predicted molar refractivity (Wildman–Crippen MR) is 88.3 cm³/mol. The number of hydrogen-bond donors (Lipinski definition) is 1. The summed E-state index contributed by atoms with van der Waals surface area (Å²) in [5, 5.41) is 2.57. The first-order chi connectivity index (χ1) is 10.2. The van der Waals surface area contributed by atoms with Gasteiger partial charge in [-0.1, -0.05) is 15.9 Å². The van der Waals surface area contributed by atoms with Crippen LogP contribution in [0.1, 0.15) is 36.7 Å². The summed E-state index contributed by atoms with van der Waals surface area (Å²) in [6.45, 7) is 7.82. The van der Waals surface area contributed by atoms with Gasteiger partial charge in [-0.2, -0.15) is 0 Å². The molecule has 0 spiro atoms. The minimum Gasteiger partial charge on any atom is -0.444 e. The second kappa shape index (κ2) is 8.29. The Labute approximate surface area is 139 Å². The lowest BCUT2D eigenvalue weighted by molar-refractivity contribution is 0.0498. The molecule has 1 aromatic rings. The minimum absolute atomic E-state index is 0.0219. The van der Waals surface area contributed by atoms with Gasteiger partial charge in [0.05, 0.1) is 6.61 Å². The SMILES string of the molecule is Cc1cc(Br)cc(C(=O)COCCNC(=O)OC(C)(C)C)c1. The molecule has 0 radical (unpaired) electrons. The molecular weight excluding hydrogens is 350 g/mol. The van der Waals surface area contributed by atoms with Crippen LogP contribution in [-0.4, -0.2) is 37.2 Å². The van der Waals surface area contributed by atoms with Crippen molar-refractivity contribution in [1.82, 2.24) is 5.32 Å². The molecule has 0 heterocycles. The Hall–Kier alpha value is -1.40. The molecular formula is C16H22BrNO4. The van der Waals surface area contributed by atoms with E-state index in [1.165, 1.54) is 0 Å². The molecule has 1 aromatic carbocycles. The highest BCUT2D eigenvalue weighted by atomic mass is 79.9. The van der Waals surface area contributed by atoms with Crippen LogP contribution in [0.25, 0.3) is 0 Å². The van der Waals surface area contributed by atoms with Crippen LogP contribution in [0.5, 0.6) is 0 Å². The molecule has 5 nitrogen and oxygen atoms in total. The fourth-order valence-electron chi connectivity index (χ4n) is 1.68. The van der Waals surface area contributed by atoms with E-state index in [0.29, 0.717) is 12.1 Å². The quantitative estimate of drug-likeness (QED) is 0.613. The molecule has 6 heteroatoms. The summed E-state index contributed by atoms with van der Waals surface area (Å²) in [6.07, 6.45) is -0.495. The molecule has 1 rings (SSSR count). The Bertz CT molecular complexity index is 517. The number of amides is 1. The van der Waals surface area contributed by atoms with Gasteiger partial charge in [0.15, 0.2) is 5.78 Å².